The molecule has 2 fully saturated rings. The van der Waals surface area contributed by atoms with Gasteiger partial charge in [0, 0.05) is 43.6 Å². The number of fused-ring (bicyclic) bond motifs is 2. The summed E-state index contributed by atoms with van der Waals surface area (Å²) in [5, 5.41) is 3.58. The summed E-state index contributed by atoms with van der Waals surface area (Å²) in [5.74, 6) is 0.201. The number of hydrogen-bond donors (Lipinski definition) is 1. The molecule has 24 heavy (non-hydrogen) atoms. The van der Waals surface area contributed by atoms with Crippen LogP contribution in [0.15, 0.2) is 18.2 Å². The SMILES string of the molecule is Cc1ccc(C)c(C(=O)CCC(=O)N2CCC3CCC(C2)N3)c1.Cl. The number of likely N-dealkylation sites (tertiary alicyclic amines) is 1. The van der Waals surface area contributed by atoms with Crippen molar-refractivity contribution < 1.29 is 9.59 Å². The fourth-order valence-electron chi connectivity index (χ4n) is 3.72. The summed E-state index contributed by atoms with van der Waals surface area (Å²) in [6.45, 7) is 5.56. The van der Waals surface area contributed by atoms with Crippen LogP contribution in [0.3, 0.4) is 0 Å². The molecule has 0 aliphatic carbocycles. The number of carbonyl (C=O) groups excluding carboxylic acids is 2. The fourth-order valence-corrected chi connectivity index (χ4v) is 3.72. The molecule has 3 rings (SSSR count). The van der Waals surface area contributed by atoms with E-state index in [0.717, 1.165) is 42.6 Å². The Morgan fingerprint density at radius 3 is 2.67 bits per heavy atom. The first-order valence-electron chi connectivity index (χ1n) is 8.67. The average molecular weight is 351 g/mol. The summed E-state index contributed by atoms with van der Waals surface area (Å²) < 4.78 is 0. The largest absolute Gasteiger partial charge is 0.341 e. The molecule has 2 unspecified atom stereocenters. The van der Waals surface area contributed by atoms with Gasteiger partial charge in [-0.1, -0.05) is 17.7 Å². The van der Waals surface area contributed by atoms with Gasteiger partial charge in [-0.25, -0.2) is 0 Å². The molecule has 1 aromatic carbocycles. The molecular formula is C19H27ClN2O2. The van der Waals surface area contributed by atoms with Gasteiger partial charge in [0.1, 0.15) is 0 Å². The number of benzene rings is 1. The van der Waals surface area contributed by atoms with E-state index >= 15 is 0 Å². The van der Waals surface area contributed by atoms with Crippen LogP contribution in [0.25, 0.3) is 0 Å². The van der Waals surface area contributed by atoms with E-state index in [2.05, 4.69) is 5.32 Å². The number of Topliss-reactive ketones (excluding diaryl/α,β-unsaturated/α-hetero) is 1. The predicted molar refractivity (Wildman–Crippen MR) is 97.9 cm³/mol. The van der Waals surface area contributed by atoms with Crippen molar-refractivity contribution >= 4 is 24.1 Å². The number of aryl methyl sites for hydroxylation is 2. The Kier molecular flexibility index (Phi) is 6.41. The lowest BCUT2D eigenvalue weighted by molar-refractivity contribution is -0.131. The molecule has 0 aromatic heterocycles. The summed E-state index contributed by atoms with van der Waals surface area (Å²) in [5.41, 5.74) is 2.83. The van der Waals surface area contributed by atoms with E-state index in [0.29, 0.717) is 24.9 Å². The zero-order valence-corrected chi connectivity index (χ0v) is 15.3. The van der Waals surface area contributed by atoms with Crippen molar-refractivity contribution in [2.45, 2.75) is 58.0 Å². The Morgan fingerprint density at radius 2 is 1.88 bits per heavy atom. The number of rotatable bonds is 4. The molecule has 1 N–H and O–H groups in total. The van der Waals surface area contributed by atoms with E-state index in [4.69, 9.17) is 0 Å². The van der Waals surface area contributed by atoms with E-state index in [9.17, 15) is 9.59 Å². The lowest BCUT2D eigenvalue weighted by Gasteiger charge is -2.24. The molecule has 4 nitrogen and oxygen atoms in total. The second kappa shape index (κ2) is 8.13. The van der Waals surface area contributed by atoms with Gasteiger partial charge in [0.15, 0.2) is 5.78 Å². The Balaban J connectivity index is 0.00000208. The number of nitrogens with one attached hydrogen (secondary N) is 1. The molecular weight excluding hydrogens is 324 g/mol. The molecule has 1 amide bonds. The van der Waals surface area contributed by atoms with E-state index in [1.807, 2.05) is 36.9 Å². The number of carbonyl (C=O) groups is 2. The fraction of sp³-hybridized carbons (Fsp3) is 0.579. The van der Waals surface area contributed by atoms with Gasteiger partial charge in [0.05, 0.1) is 0 Å². The monoisotopic (exact) mass is 350 g/mol. The van der Waals surface area contributed by atoms with Gasteiger partial charge in [-0.05, 0) is 44.7 Å². The van der Waals surface area contributed by atoms with Crippen LogP contribution in [0.4, 0.5) is 0 Å². The molecule has 2 aliphatic heterocycles. The van der Waals surface area contributed by atoms with Crippen LogP contribution in [-0.2, 0) is 4.79 Å². The van der Waals surface area contributed by atoms with Crippen molar-refractivity contribution in [3.63, 3.8) is 0 Å². The lowest BCUT2D eigenvalue weighted by atomic mass is 9.99. The van der Waals surface area contributed by atoms with Crippen molar-refractivity contribution in [2.75, 3.05) is 13.1 Å². The molecule has 2 heterocycles. The van der Waals surface area contributed by atoms with Gasteiger partial charge in [-0.2, -0.15) is 0 Å². The smallest absolute Gasteiger partial charge is 0.223 e. The third kappa shape index (κ3) is 4.37. The molecule has 2 bridgehead atoms. The van der Waals surface area contributed by atoms with Crippen molar-refractivity contribution in [3.05, 3.63) is 34.9 Å². The van der Waals surface area contributed by atoms with Crippen LogP contribution in [0.1, 0.15) is 53.6 Å². The minimum atomic E-state index is 0. The number of halogens is 1. The minimum absolute atomic E-state index is 0. The Bertz CT molecular complexity index is 617. The zero-order chi connectivity index (χ0) is 16.4. The Labute approximate surface area is 150 Å². The lowest BCUT2D eigenvalue weighted by Crippen LogP contribution is -2.39. The molecule has 0 radical (unpaired) electrons. The van der Waals surface area contributed by atoms with Gasteiger partial charge in [-0.15, -0.1) is 12.4 Å². The molecule has 1 aromatic rings. The normalized spacial score (nSPS) is 22.7. The first kappa shape index (κ1) is 18.9. The van der Waals surface area contributed by atoms with E-state index in [1.54, 1.807) is 0 Å². The maximum absolute atomic E-state index is 12.5. The Morgan fingerprint density at radius 1 is 1.12 bits per heavy atom. The summed E-state index contributed by atoms with van der Waals surface area (Å²) in [4.78, 5) is 26.8. The van der Waals surface area contributed by atoms with Gasteiger partial charge < -0.3 is 10.2 Å². The number of nitrogens with zero attached hydrogens (tertiary/aromatic N) is 1. The summed E-state index contributed by atoms with van der Waals surface area (Å²) in [7, 11) is 0. The predicted octanol–water partition coefficient (Wildman–Crippen LogP) is 3.04. The molecule has 132 valence electrons. The van der Waals surface area contributed by atoms with Gasteiger partial charge in [0.2, 0.25) is 5.91 Å². The highest BCUT2D eigenvalue weighted by Crippen LogP contribution is 2.21. The highest BCUT2D eigenvalue weighted by molar-refractivity contribution is 5.99. The van der Waals surface area contributed by atoms with Crippen LogP contribution >= 0.6 is 12.4 Å². The highest BCUT2D eigenvalue weighted by Gasteiger charge is 2.31. The second-order valence-corrected chi connectivity index (χ2v) is 7.01. The molecule has 0 saturated carbocycles. The van der Waals surface area contributed by atoms with Crippen molar-refractivity contribution in [3.8, 4) is 0 Å². The van der Waals surface area contributed by atoms with Crippen LogP contribution in [0.2, 0.25) is 0 Å². The van der Waals surface area contributed by atoms with E-state index < -0.39 is 0 Å². The molecule has 2 atom stereocenters. The zero-order valence-electron chi connectivity index (χ0n) is 14.5. The van der Waals surface area contributed by atoms with Crippen LogP contribution in [-0.4, -0.2) is 41.8 Å². The average Bonchev–Trinajstić information content (AvgIpc) is 2.86. The van der Waals surface area contributed by atoms with Crippen molar-refractivity contribution in [1.29, 1.82) is 0 Å². The maximum Gasteiger partial charge on any atom is 0.223 e. The number of amides is 1. The third-order valence-electron chi connectivity index (χ3n) is 5.14. The second-order valence-electron chi connectivity index (χ2n) is 7.01. The molecule has 5 heteroatoms. The summed E-state index contributed by atoms with van der Waals surface area (Å²) in [6.07, 6.45) is 4.06. The molecule has 2 aliphatic rings. The van der Waals surface area contributed by atoms with Gasteiger partial charge in [0.25, 0.3) is 0 Å². The highest BCUT2D eigenvalue weighted by atomic mass is 35.5. The maximum atomic E-state index is 12.5. The van der Waals surface area contributed by atoms with E-state index in [1.165, 1.54) is 6.42 Å². The van der Waals surface area contributed by atoms with Crippen molar-refractivity contribution in [2.24, 2.45) is 0 Å². The summed E-state index contributed by atoms with van der Waals surface area (Å²) >= 11 is 0. The van der Waals surface area contributed by atoms with Crippen LogP contribution in [0.5, 0.6) is 0 Å². The quantitative estimate of drug-likeness (QED) is 0.849. The topological polar surface area (TPSA) is 49.4 Å². The third-order valence-corrected chi connectivity index (χ3v) is 5.14. The van der Waals surface area contributed by atoms with Gasteiger partial charge >= 0.3 is 0 Å². The number of ketones is 1. The van der Waals surface area contributed by atoms with E-state index in [-0.39, 0.29) is 24.1 Å². The first-order valence-corrected chi connectivity index (χ1v) is 8.67. The van der Waals surface area contributed by atoms with Gasteiger partial charge in [-0.3, -0.25) is 9.59 Å². The molecule has 2 saturated heterocycles. The molecule has 0 spiro atoms. The minimum Gasteiger partial charge on any atom is -0.341 e. The standard InChI is InChI=1S/C19H26N2O2.ClH/c1-13-3-4-14(2)17(11-13)18(22)7-8-19(23)21-10-9-15-5-6-16(12-21)20-15;/h3-4,11,15-16,20H,5-10,12H2,1-2H3;1H. The van der Waals surface area contributed by atoms with Crippen LogP contribution in [0, 0.1) is 13.8 Å². The van der Waals surface area contributed by atoms with Crippen LogP contribution < -0.4 is 5.32 Å². The Hall–Kier alpha value is -1.39. The summed E-state index contributed by atoms with van der Waals surface area (Å²) in [6, 6.07) is 6.94. The van der Waals surface area contributed by atoms with Crippen molar-refractivity contribution in [1.82, 2.24) is 10.2 Å². The first-order chi connectivity index (χ1) is 11.0. The number of hydrogen-bond acceptors (Lipinski definition) is 3.